The van der Waals surface area contributed by atoms with E-state index in [2.05, 4.69) is 224 Å². The Morgan fingerprint density at radius 1 is 0.194 bits per heavy atom. The topological polar surface area (TPSA) is 17.6 Å². The molecular weight excluding hydrogens is 873 g/mol. The van der Waals surface area contributed by atoms with Gasteiger partial charge in [0.1, 0.15) is 0 Å². The predicted octanol–water partition coefficient (Wildman–Crippen LogP) is 18.3. The van der Waals surface area contributed by atoms with Crippen molar-refractivity contribution >= 4 is 174 Å². The minimum Gasteiger partial charge on any atom is -0.308 e. The van der Waals surface area contributed by atoms with Gasteiger partial charge in [-0.3, -0.25) is 0 Å². The molecule has 0 fully saturated rings. The average molecular weight is 907 g/mol. The summed E-state index contributed by atoms with van der Waals surface area (Å²) in [4.78, 5) is 0. The molecule has 72 heavy (non-hydrogen) atoms. The van der Waals surface area contributed by atoms with Crippen LogP contribution in [0.5, 0.6) is 0 Å². The number of rotatable bonds is 1. The smallest absolute Gasteiger partial charge is 0.0626 e. The Labute approximate surface area is 406 Å². The zero-order chi connectivity index (χ0) is 46.0. The highest BCUT2D eigenvalue weighted by molar-refractivity contribution is 6.34. The van der Waals surface area contributed by atoms with Gasteiger partial charge in [0, 0.05) is 86.2 Å². The normalized spacial score (nSPS) is 13.3. The fourth-order valence-electron chi connectivity index (χ4n) is 14.7. The SMILES string of the molecule is c1ccc2cc3c(cc2c1)c1cccc2c4cc5c(cc4n3c12)c1cc(-c2ccc3c4cc6c(cc4n4c7ccccc7c2c34)c2cccc3c4ccccc4n6c32)cc2c3cc4ccccc4cc3n5c21. The molecule has 0 amide bonds. The van der Waals surface area contributed by atoms with E-state index in [-0.39, 0.29) is 0 Å². The maximum absolute atomic E-state index is 2.58. The molecule has 0 atom stereocenters. The van der Waals surface area contributed by atoms with E-state index in [9.17, 15) is 0 Å². The van der Waals surface area contributed by atoms with Crippen molar-refractivity contribution in [2.45, 2.75) is 0 Å². The molecule has 20 rings (SSSR count). The van der Waals surface area contributed by atoms with Crippen molar-refractivity contribution in [3.8, 4) is 11.1 Å². The molecule has 0 aliphatic carbocycles. The second kappa shape index (κ2) is 11.7. The van der Waals surface area contributed by atoms with E-state index < -0.39 is 0 Å². The van der Waals surface area contributed by atoms with Gasteiger partial charge in [0.05, 0.1) is 66.2 Å². The Bertz CT molecular complexity index is 5880. The summed E-state index contributed by atoms with van der Waals surface area (Å²) < 4.78 is 10.2. The van der Waals surface area contributed by atoms with Crippen LogP contribution in [0.2, 0.25) is 0 Å². The molecule has 0 aliphatic heterocycles. The van der Waals surface area contributed by atoms with Crippen molar-refractivity contribution in [1.29, 1.82) is 0 Å². The third kappa shape index (κ3) is 3.84. The van der Waals surface area contributed by atoms with Crippen LogP contribution < -0.4 is 0 Å². The summed E-state index contributed by atoms with van der Waals surface area (Å²) in [5, 5.41) is 25.8. The van der Waals surface area contributed by atoms with Crippen LogP contribution in [0, 0.1) is 0 Å². The van der Waals surface area contributed by atoms with E-state index in [1.54, 1.807) is 0 Å². The second-order valence-electron chi connectivity index (χ2n) is 20.8. The molecule has 0 radical (unpaired) electrons. The summed E-state index contributed by atoms with van der Waals surface area (Å²) in [5.41, 5.74) is 17.8. The molecule has 0 N–H and O–H groups in total. The average Bonchev–Trinajstić information content (AvgIpc) is 4.32. The van der Waals surface area contributed by atoms with Crippen LogP contribution in [-0.4, -0.2) is 17.6 Å². The van der Waals surface area contributed by atoms with Gasteiger partial charge in [-0.05, 0) is 105 Å². The van der Waals surface area contributed by atoms with Crippen LogP contribution in [-0.2, 0) is 0 Å². The quantitative estimate of drug-likeness (QED) is 0.156. The van der Waals surface area contributed by atoms with Crippen LogP contribution >= 0.6 is 0 Å². The first kappa shape index (κ1) is 35.5. The van der Waals surface area contributed by atoms with Crippen LogP contribution in [0.15, 0.2) is 206 Å². The summed E-state index contributed by atoms with van der Waals surface area (Å²) in [6, 6.07) is 78.9. The molecule has 0 saturated heterocycles. The van der Waals surface area contributed by atoms with Gasteiger partial charge in [-0.15, -0.1) is 0 Å². The van der Waals surface area contributed by atoms with Crippen LogP contribution in [0.1, 0.15) is 0 Å². The Hall–Kier alpha value is -9.64. The fourth-order valence-corrected chi connectivity index (χ4v) is 14.7. The Morgan fingerprint density at radius 3 is 1.10 bits per heavy atom. The van der Waals surface area contributed by atoms with E-state index in [0.29, 0.717) is 0 Å². The van der Waals surface area contributed by atoms with Gasteiger partial charge < -0.3 is 17.6 Å². The number of hydrogen-bond acceptors (Lipinski definition) is 0. The molecule has 0 saturated carbocycles. The number of hydrogen-bond donors (Lipinski definition) is 0. The van der Waals surface area contributed by atoms with E-state index in [1.165, 1.54) is 185 Å². The van der Waals surface area contributed by atoms with Crippen molar-refractivity contribution in [2.24, 2.45) is 0 Å². The first-order valence-electron chi connectivity index (χ1n) is 25.2. The summed E-state index contributed by atoms with van der Waals surface area (Å²) in [6.45, 7) is 0. The van der Waals surface area contributed by atoms with Crippen molar-refractivity contribution in [1.82, 2.24) is 17.6 Å². The molecule has 0 bridgehead atoms. The third-order valence-corrected chi connectivity index (χ3v) is 17.6. The zero-order valence-electron chi connectivity index (χ0n) is 38.4. The number of nitrogens with zero attached hydrogens (tertiary/aromatic N) is 4. The van der Waals surface area contributed by atoms with Crippen molar-refractivity contribution < 1.29 is 0 Å². The molecule has 12 aromatic carbocycles. The lowest BCUT2D eigenvalue weighted by Gasteiger charge is -2.08. The molecule has 4 nitrogen and oxygen atoms in total. The van der Waals surface area contributed by atoms with Crippen molar-refractivity contribution in [3.05, 3.63) is 206 Å². The van der Waals surface area contributed by atoms with E-state index in [4.69, 9.17) is 0 Å². The summed E-state index contributed by atoms with van der Waals surface area (Å²) >= 11 is 0. The van der Waals surface area contributed by atoms with Gasteiger partial charge in [0.2, 0.25) is 0 Å². The van der Waals surface area contributed by atoms with Crippen LogP contribution in [0.25, 0.3) is 185 Å². The zero-order valence-corrected chi connectivity index (χ0v) is 38.4. The standard InChI is InChI=1S/C68H34N4/c1-3-13-37-29-58-48(25-35(37)11-1)43-18-10-20-45-51-32-63-53(34-62(51)71(58)66(43)45)55-28-39(27-54-49-26-36-12-2-4-14-38(36)30-59(49)72(63)67(54)55)40-23-24-46-52-33-60-50(31-61(52)70-57-22-8-6-16-47(57)64(40)68(46)70)44-19-9-17-42-41-15-5-7-21-56(41)69(60)65(42)44/h1-34H. The Morgan fingerprint density at radius 2 is 0.542 bits per heavy atom. The highest BCUT2D eigenvalue weighted by atomic mass is 14.9. The fraction of sp³-hybridized carbons (Fsp3) is 0. The van der Waals surface area contributed by atoms with E-state index >= 15 is 0 Å². The molecule has 8 heterocycles. The highest BCUT2D eigenvalue weighted by Gasteiger charge is 2.27. The third-order valence-electron chi connectivity index (χ3n) is 17.6. The van der Waals surface area contributed by atoms with Gasteiger partial charge >= 0.3 is 0 Å². The van der Waals surface area contributed by atoms with E-state index in [0.717, 1.165) is 0 Å². The van der Waals surface area contributed by atoms with Crippen molar-refractivity contribution in [2.75, 3.05) is 0 Å². The maximum atomic E-state index is 2.58. The van der Waals surface area contributed by atoms with Crippen molar-refractivity contribution in [3.63, 3.8) is 0 Å². The van der Waals surface area contributed by atoms with Crippen LogP contribution in [0.3, 0.4) is 0 Å². The first-order valence-corrected chi connectivity index (χ1v) is 25.2. The van der Waals surface area contributed by atoms with Gasteiger partial charge in [0.25, 0.3) is 0 Å². The maximum Gasteiger partial charge on any atom is 0.0626 e. The lowest BCUT2D eigenvalue weighted by atomic mass is 9.94. The predicted molar refractivity (Wildman–Crippen MR) is 306 cm³/mol. The lowest BCUT2D eigenvalue weighted by Crippen LogP contribution is -1.84. The molecule has 0 unspecified atom stereocenters. The van der Waals surface area contributed by atoms with Gasteiger partial charge in [-0.25, -0.2) is 0 Å². The Kier molecular flexibility index (Phi) is 5.75. The monoisotopic (exact) mass is 906 g/mol. The number of aromatic nitrogens is 4. The van der Waals surface area contributed by atoms with E-state index in [1.807, 2.05) is 0 Å². The molecular formula is C68H34N4. The van der Waals surface area contributed by atoms with Gasteiger partial charge in [-0.2, -0.15) is 0 Å². The number of fused-ring (bicyclic) bond motifs is 26. The molecule has 0 aliphatic rings. The van der Waals surface area contributed by atoms with Gasteiger partial charge in [-0.1, -0.05) is 133 Å². The molecule has 0 spiro atoms. The second-order valence-corrected chi connectivity index (χ2v) is 20.8. The minimum atomic E-state index is 1.24. The van der Waals surface area contributed by atoms with Gasteiger partial charge in [0.15, 0.2) is 0 Å². The molecule has 20 aromatic rings. The number of benzene rings is 12. The highest BCUT2D eigenvalue weighted by Crippen LogP contribution is 2.51. The largest absolute Gasteiger partial charge is 0.308 e. The number of para-hydroxylation sites is 4. The minimum absolute atomic E-state index is 1.24. The lowest BCUT2D eigenvalue weighted by molar-refractivity contribution is 1.36. The summed E-state index contributed by atoms with van der Waals surface area (Å²) in [7, 11) is 0. The molecule has 326 valence electrons. The summed E-state index contributed by atoms with van der Waals surface area (Å²) in [6.07, 6.45) is 0. The molecule has 8 aromatic heterocycles. The molecule has 4 heteroatoms. The Balaban J connectivity index is 0.930. The summed E-state index contributed by atoms with van der Waals surface area (Å²) in [5.74, 6) is 0. The van der Waals surface area contributed by atoms with Crippen LogP contribution in [0.4, 0.5) is 0 Å². The first-order chi connectivity index (χ1) is 35.7.